The van der Waals surface area contributed by atoms with Gasteiger partial charge >= 0.3 is 5.97 Å². The quantitative estimate of drug-likeness (QED) is 0.906. The number of nitrogens with zero attached hydrogens (tertiary/aromatic N) is 2. The summed E-state index contributed by atoms with van der Waals surface area (Å²) in [5, 5.41) is 9.11. The third kappa shape index (κ3) is 2.44. The van der Waals surface area contributed by atoms with Crippen molar-refractivity contribution in [3.63, 3.8) is 0 Å². The third-order valence-corrected chi connectivity index (χ3v) is 4.99. The highest BCUT2D eigenvalue weighted by atomic mass is 32.2. The van der Waals surface area contributed by atoms with Crippen LogP contribution in [-0.2, 0) is 21.2 Å². The molecule has 2 aliphatic heterocycles. The molecule has 1 aromatic rings. The van der Waals surface area contributed by atoms with Crippen molar-refractivity contribution in [3.8, 4) is 0 Å². The van der Waals surface area contributed by atoms with E-state index in [1.165, 1.54) is 5.56 Å². The number of benzene rings is 1. The Morgan fingerprint density at radius 3 is 2.86 bits per heavy atom. The lowest BCUT2D eigenvalue weighted by molar-refractivity contribution is -0.131. The molecule has 0 saturated carbocycles. The molecule has 0 bridgehead atoms. The molecule has 6 nitrogen and oxygen atoms in total. The summed E-state index contributed by atoms with van der Waals surface area (Å²) in [4.78, 5) is 12.6. The second kappa shape index (κ2) is 5.00. The van der Waals surface area contributed by atoms with Crippen molar-refractivity contribution in [2.45, 2.75) is 12.8 Å². The van der Waals surface area contributed by atoms with Gasteiger partial charge in [-0.1, -0.05) is 18.2 Å². The summed E-state index contributed by atoms with van der Waals surface area (Å²) < 4.78 is 26.6. The largest absolute Gasteiger partial charge is 0.477 e. The first kappa shape index (κ1) is 13.8. The number of sulfonamides is 1. The number of hydrogen-bond acceptors (Lipinski definition) is 4. The van der Waals surface area contributed by atoms with Crippen LogP contribution in [0.2, 0.25) is 0 Å². The van der Waals surface area contributed by atoms with Crippen LogP contribution in [0.15, 0.2) is 39.1 Å². The van der Waals surface area contributed by atoms with E-state index in [1.54, 1.807) is 0 Å². The van der Waals surface area contributed by atoms with Gasteiger partial charge in [-0.15, -0.1) is 0 Å². The summed E-state index contributed by atoms with van der Waals surface area (Å²) in [5.74, 6) is -1.45. The van der Waals surface area contributed by atoms with E-state index in [-0.39, 0.29) is 12.1 Å². The maximum atomic E-state index is 11.6. The Kier molecular flexibility index (Phi) is 3.29. The molecule has 7 heteroatoms. The molecule has 0 radical (unpaired) electrons. The van der Waals surface area contributed by atoms with Crippen LogP contribution < -0.4 is 4.90 Å². The zero-order valence-corrected chi connectivity index (χ0v) is 12.0. The summed E-state index contributed by atoms with van der Waals surface area (Å²) in [6.45, 7) is 1.00. The minimum absolute atomic E-state index is 0.235. The van der Waals surface area contributed by atoms with E-state index >= 15 is 0 Å². The lowest BCUT2D eigenvalue weighted by Gasteiger charge is -2.31. The van der Waals surface area contributed by atoms with Crippen LogP contribution in [-0.4, -0.2) is 38.8 Å². The zero-order valence-electron chi connectivity index (χ0n) is 11.2. The van der Waals surface area contributed by atoms with Crippen molar-refractivity contribution in [2.75, 3.05) is 18.0 Å². The predicted octanol–water partition coefficient (Wildman–Crippen LogP) is 1.19. The molecule has 21 heavy (non-hydrogen) atoms. The number of carboxylic acids is 1. The molecule has 0 spiro atoms. The van der Waals surface area contributed by atoms with Crippen LogP contribution in [0.4, 0.5) is 5.69 Å². The highest BCUT2D eigenvalue weighted by Crippen LogP contribution is 2.29. The molecule has 2 heterocycles. The van der Waals surface area contributed by atoms with Crippen LogP contribution in [0, 0.1) is 0 Å². The first-order valence-electron chi connectivity index (χ1n) is 6.59. The van der Waals surface area contributed by atoms with Gasteiger partial charge in [-0.2, -0.15) is 12.8 Å². The second-order valence-corrected chi connectivity index (χ2v) is 6.59. The van der Waals surface area contributed by atoms with Crippen LogP contribution in [0.3, 0.4) is 0 Å². The van der Waals surface area contributed by atoms with E-state index < -0.39 is 20.9 Å². The van der Waals surface area contributed by atoms with E-state index in [0.717, 1.165) is 31.3 Å². The van der Waals surface area contributed by atoms with Crippen molar-refractivity contribution in [1.82, 2.24) is 0 Å². The fourth-order valence-corrected chi connectivity index (χ4v) is 3.79. The van der Waals surface area contributed by atoms with Crippen molar-refractivity contribution in [2.24, 2.45) is 4.40 Å². The Morgan fingerprint density at radius 2 is 2.10 bits per heavy atom. The maximum absolute atomic E-state index is 11.6. The van der Waals surface area contributed by atoms with Gasteiger partial charge in [-0.05, 0) is 24.5 Å². The summed E-state index contributed by atoms with van der Waals surface area (Å²) >= 11 is 0. The lowest BCUT2D eigenvalue weighted by Crippen LogP contribution is -2.32. The number of aliphatic carboxylic acids is 1. The molecule has 2 aliphatic rings. The molecule has 0 fully saturated rings. The van der Waals surface area contributed by atoms with Crippen molar-refractivity contribution < 1.29 is 18.3 Å². The van der Waals surface area contributed by atoms with E-state index in [2.05, 4.69) is 4.40 Å². The first-order valence-corrected chi connectivity index (χ1v) is 8.03. The van der Waals surface area contributed by atoms with Gasteiger partial charge < -0.3 is 10.0 Å². The fourth-order valence-electron chi connectivity index (χ4n) is 2.75. The molecule has 0 unspecified atom stereocenters. The van der Waals surface area contributed by atoms with E-state index in [0.29, 0.717) is 0 Å². The normalized spacial score (nSPS) is 19.7. The monoisotopic (exact) mass is 306 g/mol. The fraction of sp³-hybridized carbons (Fsp3) is 0.286. The van der Waals surface area contributed by atoms with Gasteiger partial charge in [0.1, 0.15) is 0 Å². The number of fused-ring (bicyclic) bond motifs is 1. The summed E-state index contributed by atoms with van der Waals surface area (Å²) in [7, 11) is -4.04. The molecular weight excluding hydrogens is 292 g/mol. The molecule has 0 aromatic heterocycles. The molecule has 3 rings (SSSR count). The van der Waals surface area contributed by atoms with Crippen LogP contribution in [0.5, 0.6) is 0 Å². The highest BCUT2D eigenvalue weighted by molar-refractivity contribution is 7.95. The third-order valence-electron chi connectivity index (χ3n) is 3.66. The maximum Gasteiger partial charge on any atom is 0.349 e. The van der Waals surface area contributed by atoms with Crippen LogP contribution >= 0.6 is 0 Å². The molecular formula is C14H14N2O4S. The van der Waals surface area contributed by atoms with Gasteiger partial charge in [0.15, 0.2) is 4.91 Å². The number of hydrogen-bond donors (Lipinski definition) is 1. The Balaban J connectivity index is 1.97. The smallest absolute Gasteiger partial charge is 0.349 e. The minimum Gasteiger partial charge on any atom is -0.477 e. The van der Waals surface area contributed by atoms with Gasteiger partial charge in [-0.25, -0.2) is 4.79 Å². The molecule has 1 aromatic carbocycles. The van der Waals surface area contributed by atoms with E-state index in [9.17, 15) is 13.2 Å². The molecule has 110 valence electrons. The van der Waals surface area contributed by atoms with Gasteiger partial charge in [0.25, 0.3) is 10.0 Å². The number of rotatable bonds is 3. The first-order chi connectivity index (χ1) is 9.99. The zero-order chi connectivity index (χ0) is 15.0. The van der Waals surface area contributed by atoms with E-state index in [1.807, 2.05) is 29.2 Å². The number of carboxylic acid groups (broad SMARTS) is 1. The molecule has 0 amide bonds. The number of para-hydroxylation sites is 1. The average molecular weight is 306 g/mol. The van der Waals surface area contributed by atoms with Gasteiger partial charge in [0.2, 0.25) is 0 Å². The van der Waals surface area contributed by atoms with Gasteiger partial charge in [-0.3, -0.25) is 0 Å². The molecule has 0 saturated heterocycles. The van der Waals surface area contributed by atoms with Crippen LogP contribution in [0.25, 0.3) is 0 Å². The molecule has 0 atom stereocenters. The summed E-state index contributed by atoms with van der Waals surface area (Å²) in [5.41, 5.74) is 2.46. The van der Waals surface area contributed by atoms with E-state index in [4.69, 9.17) is 5.11 Å². The van der Waals surface area contributed by atoms with Gasteiger partial charge in [0, 0.05) is 30.6 Å². The predicted molar refractivity (Wildman–Crippen MR) is 79.0 cm³/mol. The lowest BCUT2D eigenvalue weighted by atomic mass is 10.0. The van der Waals surface area contributed by atoms with Crippen molar-refractivity contribution in [1.29, 1.82) is 0 Å². The molecule has 1 N–H and O–H groups in total. The Bertz CT molecular complexity index is 765. The number of carbonyl (C=O) groups is 1. The van der Waals surface area contributed by atoms with Crippen molar-refractivity contribution in [3.05, 3.63) is 40.3 Å². The summed E-state index contributed by atoms with van der Waals surface area (Å²) in [6, 6.07) is 7.89. The van der Waals surface area contributed by atoms with Crippen LogP contribution in [0.1, 0.15) is 12.0 Å². The second-order valence-electron chi connectivity index (χ2n) is 5.02. The topological polar surface area (TPSA) is 87.0 Å². The molecule has 0 aliphatic carbocycles. The Labute approximate surface area is 122 Å². The standard InChI is InChI=1S/C14H14N2O4S/c17-14(18)13-11(8-15-21(13,19)20)9-16-7-3-5-10-4-1-2-6-12(10)16/h1-2,4,6,8H,3,5,7,9H2,(H,17,18). The summed E-state index contributed by atoms with van der Waals surface area (Å²) in [6.07, 6.45) is 3.08. The highest BCUT2D eigenvalue weighted by Gasteiger charge is 2.33. The Hall–Kier alpha value is -2.15. The SMILES string of the molecule is O=C(O)C1=C(CN2CCCc3ccccc32)C=NS1(=O)=O. The average Bonchev–Trinajstić information content (AvgIpc) is 2.74. The number of aryl methyl sites for hydroxylation is 1. The number of anilines is 1. The van der Waals surface area contributed by atoms with Crippen molar-refractivity contribution >= 4 is 27.9 Å². The minimum atomic E-state index is -4.04. The Morgan fingerprint density at radius 1 is 1.33 bits per heavy atom. The van der Waals surface area contributed by atoms with Gasteiger partial charge in [0.05, 0.1) is 0 Å².